The molecular weight excluding hydrogens is 258 g/mol. The highest BCUT2D eigenvalue weighted by Crippen LogP contribution is 2.38. The molecule has 1 aliphatic heterocycles. The summed E-state index contributed by atoms with van der Waals surface area (Å²) in [5.74, 6) is 2.18. The molecule has 0 saturated carbocycles. The van der Waals surface area contributed by atoms with Gasteiger partial charge in [-0.1, -0.05) is 55.4 Å². The molecule has 1 rings (SSSR count). The van der Waals surface area contributed by atoms with E-state index in [4.69, 9.17) is 0 Å². The van der Waals surface area contributed by atoms with Gasteiger partial charge in [-0.05, 0) is 42.4 Å². The summed E-state index contributed by atoms with van der Waals surface area (Å²) in [6.07, 6.45) is 3.36. The van der Waals surface area contributed by atoms with E-state index in [1.165, 1.54) is 12.8 Å². The molecule has 1 aliphatic rings. The lowest BCUT2D eigenvalue weighted by Crippen LogP contribution is -2.44. The fourth-order valence-electron chi connectivity index (χ4n) is 3.38. The van der Waals surface area contributed by atoms with Gasteiger partial charge in [0.25, 0.3) is 0 Å². The lowest BCUT2D eigenvalue weighted by molar-refractivity contribution is -0.140. The van der Waals surface area contributed by atoms with Crippen molar-refractivity contribution in [1.29, 1.82) is 0 Å². The second-order valence-corrected chi connectivity index (χ2v) is 8.68. The average molecular weight is 296 g/mol. The van der Waals surface area contributed by atoms with Crippen LogP contribution in [-0.2, 0) is 4.79 Å². The Bertz CT molecular complexity index is 343. The molecule has 1 fully saturated rings. The van der Waals surface area contributed by atoms with E-state index >= 15 is 0 Å². The van der Waals surface area contributed by atoms with E-state index in [-0.39, 0.29) is 11.3 Å². The first-order valence-corrected chi connectivity index (χ1v) is 8.88. The molecule has 0 bridgehead atoms. The summed E-state index contributed by atoms with van der Waals surface area (Å²) >= 11 is 0. The fraction of sp³-hybridized carbons (Fsp3) is 0.947. The van der Waals surface area contributed by atoms with Gasteiger partial charge in [0.05, 0.1) is 0 Å². The molecule has 1 amide bonds. The second-order valence-electron chi connectivity index (χ2n) is 8.68. The van der Waals surface area contributed by atoms with E-state index in [0.29, 0.717) is 29.7 Å². The SMILES string of the molecule is CC(C)C(CC(C)(C)C(C)C)C(=O)N1CCCC1C(C)C. The minimum absolute atomic E-state index is 0.168. The van der Waals surface area contributed by atoms with Crippen molar-refractivity contribution in [3.8, 4) is 0 Å². The molecule has 0 aromatic heterocycles. The molecule has 0 radical (unpaired) electrons. The van der Waals surface area contributed by atoms with Crippen LogP contribution in [-0.4, -0.2) is 23.4 Å². The number of amides is 1. The maximum atomic E-state index is 13.1. The number of likely N-dealkylation sites (tertiary alicyclic amines) is 1. The van der Waals surface area contributed by atoms with Crippen molar-refractivity contribution >= 4 is 5.91 Å². The molecule has 0 N–H and O–H groups in total. The van der Waals surface area contributed by atoms with Gasteiger partial charge in [0, 0.05) is 18.5 Å². The molecule has 0 aliphatic carbocycles. The Morgan fingerprint density at radius 3 is 2.14 bits per heavy atom. The molecule has 2 heteroatoms. The van der Waals surface area contributed by atoms with Crippen molar-refractivity contribution in [2.24, 2.45) is 29.1 Å². The maximum Gasteiger partial charge on any atom is 0.226 e. The third-order valence-corrected chi connectivity index (χ3v) is 5.78. The van der Waals surface area contributed by atoms with Gasteiger partial charge in [0.15, 0.2) is 0 Å². The Morgan fingerprint density at radius 1 is 1.14 bits per heavy atom. The Hall–Kier alpha value is -0.530. The van der Waals surface area contributed by atoms with Gasteiger partial charge in [0.1, 0.15) is 0 Å². The Balaban J connectivity index is 2.88. The van der Waals surface area contributed by atoms with Crippen LogP contribution in [0.15, 0.2) is 0 Å². The maximum absolute atomic E-state index is 13.1. The van der Waals surface area contributed by atoms with Crippen LogP contribution in [0.1, 0.15) is 74.7 Å². The summed E-state index contributed by atoms with van der Waals surface area (Å²) < 4.78 is 0. The molecule has 0 aromatic carbocycles. The van der Waals surface area contributed by atoms with Crippen LogP contribution in [0, 0.1) is 29.1 Å². The summed E-state index contributed by atoms with van der Waals surface area (Å²) in [6, 6.07) is 0.459. The average Bonchev–Trinajstić information content (AvgIpc) is 2.83. The van der Waals surface area contributed by atoms with Crippen molar-refractivity contribution in [3.05, 3.63) is 0 Å². The van der Waals surface area contributed by atoms with Crippen LogP contribution in [0.4, 0.5) is 0 Å². The first-order valence-electron chi connectivity index (χ1n) is 8.88. The number of nitrogens with zero attached hydrogens (tertiary/aromatic N) is 1. The summed E-state index contributed by atoms with van der Waals surface area (Å²) in [5.41, 5.74) is 0.220. The fourth-order valence-corrected chi connectivity index (χ4v) is 3.38. The molecule has 0 aromatic rings. The molecule has 1 heterocycles. The Morgan fingerprint density at radius 2 is 1.71 bits per heavy atom. The molecule has 2 nitrogen and oxygen atoms in total. The van der Waals surface area contributed by atoms with Gasteiger partial charge in [-0.25, -0.2) is 0 Å². The number of carbonyl (C=O) groups is 1. The third-order valence-electron chi connectivity index (χ3n) is 5.78. The van der Waals surface area contributed by atoms with Gasteiger partial charge in [-0.15, -0.1) is 0 Å². The van der Waals surface area contributed by atoms with Crippen molar-refractivity contribution in [2.45, 2.75) is 80.7 Å². The van der Waals surface area contributed by atoms with Gasteiger partial charge in [0.2, 0.25) is 5.91 Å². The van der Waals surface area contributed by atoms with Crippen molar-refractivity contribution in [3.63, 3.8) is 0 Å². The summed E-state index contributed by atoms with van der Waals surface area (Å²) in [6.45, 7) is 19.0. The van der Waals surface area contributed by atoms with Gasteiger partial charge < -0.3 is 4.90 Å². The van der Waals surface area contributed by atoms with E-state index in [2.05, 4.69) is 60.3 Å². The van der Waals surface area contributed by atoms with Crippen LogP contribution in [0.3, 0.4) is 0 Å². The molecule has 2 unspecified atom stereocenters. The minimum Gasteiger partial charge on any atom is -0.339 e. The van der Waals surface area contributed by atoms with Crippen LogP contribution < -0.4 is 0 Å². The van der Waals surface area contributed by atoms with E-state index < -0.39 is 0 Å². The Kier molecular flexibility index (Phi) is 6.31. The first-order chi connectivity index (χ1) is 9.58. The summed E-state index contributed by atoms with van der Waals surface area (Å²) in [7, 11) is 0. The van der Waals surface area contributed by atoms with E-state index in [1.54, 1.807) is 0 Å². The quantitative estimate of drug-likeness (QED) is 0.677. The molecule has 21 heavy (non-hydrogen) atoms. The van der Waals surface area contributed by atoms with Gasteiger partial charge >= 0.3 is 0 Å². The van der Waals surface area contributed by atoms with Crippen LogP contribution >= 0.6 is 0 Å². The largest absolute Gasteiger partial charge is 0.339 e. The third kappa shape index (κ3) is 4.47. The number of carbonyl (C=O) groups excluding carboxylic acids is 1. The first kappa shape index (κ1) is 18.5. The van der Waals surface area contributed by atoms with Gasteiger partial charge in [-0.2, -0.15) is 0 Å². The van der Waals surface area contributed by atoms with E-state index in [1.807, 2.05) is 0 Å². The smallest absolute Gasteiger partial charge is 0.226 e. The molecule has 0 spiro atoms. The second kappa shape index (κ2) is 7.15. The zero-order chi connectivity index (χ0) is 16.4. The standard InChI is InChI=1S/C19H37NO/c1-13(2)16(12-19(7,8)15(5)6)18(21)20-11-9-10-17(20)14(3)4/h13-17H,9-12H2,1-8H3. The predicted molar refractivity (Wildman–Crippen MR) is 91.1 cm³/mol. The normalized spacial score (nSPS) is 21.7. The lowest BCUT2D eigenvalue weighted by atomic mass is 9.71. The van der Waals surface area contributed by atoms with Crippen LogP contribution in [0.25, 0.3) is 0 Å². The lowest BCUT2D eigenvalue weighted by Gasteiger charge is -2.38. The molecular formula is C19H37NO. The van der Waals surface area contributed by atoms with Crippen molar-refractivity contribution in [2.75, 3.05) is 6.54 Å². The zero-order valence-electron chi connectivity index (χ0n) is 15.6. The highest BCUT2D eigenvalue weighted by Gasteiger charge is 2.38. The molecule has 2 atom stereocenters. The monoisotopic (exact) mass is 295 g/mol. The van der Waals surface area contributed by atoms with Crippen molar-refractivity contribution < 1.29 is 4.79 Å². The predicted octanol–water partition coefficient (Wildman–Crippen LogP) is 4.98. The number of hydrogen-bond donors (Lipinski definition) is 0. The van der Waals surface area contributed by atoms with Crippen LogP contribution in [0.5, 0.6) is 0 Å². The van der Waals surface area contributed by atoms with Crippen LogP contribution in [0.2, 0.25) is 0 Å². The molecule has 124 valence electrons. The van der Waals surface area contributed by atoms with Crippen molar-refractivity contribution in [1.82, 2.24) is 4.90 Å². The summed E-state index contributed by atoms with van der Waals surface area (Å²) in [5, 5.41) is 0. The molecule has 1 saturated heterocycles. The minimum atomic E-state index is 0.168. The highest BCUT2D eigenvalue weighted by atomic mass is 16.2. The highest BCUT2D eigenvalue weighted by molar-refractivity contribution is 5.79. The summed E-state index contributed by atoms with van der Waals surface area (Å²) in [4.78, 5) is 15.3. The zero-order valence-corrected chi connectivity index (χ0v) is 15.6. The number of hydrogen-bond acceptors (Lipinski definition) is 1. The Labute approximate surface area is 132 Å². The van der Waals surface area contributed by atoms with Gasteiger partial charge in [-0.3, -0.25) is 4.79 Å². The number of rotatable bonds is 6. The topological polar surface area (TPSA) is 20.3 Å². The van der Waals surface area contributed by atoms with E-state index in [9.17, 15) is 4.79 Å². The van der Waals surface area contributed by atoms with E-state index in [0.717, 1.165) is 13.0 Å².